The number of ether oxygens (including phenoxy) is 2. The van der Waals surface area contributed by atoms with Crippen molar-refractivity contribution in [3.05, 3.63) is 34.3 Å². The lowest BCUT2D eigenvalue weighted by Crippen LogP contribution is -2.18. The summed E-state index contributed by atoms with van der Waals surface area (Å²) in [5, 5.41) is 7.50. The van der Waals surface area contributed by atoms with Crippen molar-refractivity contribution in [2.75, 3.05) is 21.3 Å². The molecule has 0 aliphatic carbocycles. The summed E-state index contributed by atoms with van der Waals surface area (Å²) in [6.07, 6.45) is 0.857. The van der Waals surface area contributed by atoms with E-state index in [4.69, 9.17) is 9.47 Å². The number of aryl methyl sites for hydroxylation is 1. The fourth-order valence-electron chi connectivity index (χ4n) is 2.17. The van der Waals surface area contributed by atoms with E-state index in [9.17, 15) is 0 Å². The van der Waals surface area contributed by atoms with Gasteiger partial charge in [0.2, 0.25) is 0 Å². The van der Waals surface area contributed by atoms with Crippen LogP contribution in [0.3, 0.4) is 0 Å². The van der Waals surface area contributed by atoms with Gasteiger partial charge in [0.1, 0.15) is 11.5 Å². The van der Waals surface area contributed by atoms with Crippen LogP contribution in [0.5, 0.6) is 11.5 Å². The third-order valence-electron chi connectivity index (χ3n) is 3.22. The lowest BCUT2D eigenvalue weighted by molar-refractivity contribution is 0.395. The average molecular weight is 293 g/mol. The molecule has 0 aliphatic rings. The number of aromatic nitrogens is 2. The van der Waals surface area contributed by atoms with E-state index in [0.717, 1.165) is 34.1 Å². The maximum Gasteiger partial charge on any atom is 0.124 e. The summed E-state index contributed by atoms with van der Waals surface area (Å²) in [4.78, 5) is 1.11. The van der Waals surface area contributed by atoms with Crippen LogP contribution in [0.4, 0.5) is 0 Å². The van der Waals surface area contributed by atoms with E-state index >= 15 is 0 Å². The van der Waals surface area contributed by atoms with Gasteiger partial charge in [0.25, 0.3) is 0 Å². The third-order valence-corrected chi connectivity index (χ3v) is 4.05. The number of nitrogens with zero attached hydrogens (tertiary/aromatic N) is 2. The molecule has 2 aromatic rings. The van der Waals surface area contributed by atoms with Crippen molar-refractivity contribution >= 4 is 11.5 Å². The van der Waals surface area contributed by atoms with Crippen molar-refractivity contribution in [1.29, 1.82) is 0 Å². The average Bonchev–Trinajstić information content (AvgIpc) is 2.96. The third kappa shape index (κ3) is 2.76. The highest BCUT2D eigenvalue weighted by molar-refractivity contribution is 7.05. The van der Waals surface area contributed by atoms with Crippen molar-refractivity contribution in [3.8, 4) is 11.5 Å². The van der Waals surface area contributed by atoms with E-state index < -0.39 is 0 Å². The Labute approximate surface area is 123 Å². The molecule has 6 heteroatoms. The molecule has 0 saturated carbocycles. The van der Waals surface area contributed by atoms with Crippen LogP contribution in [0.25, 0.3) is 0 Å². The minimum atomic E-state index is -0.00463. The second-order valence-corrected chi connectivity index (χ2v) is 5.05. The van der Waals surface area contributed by atoms with Crippen LogP contribution in [0, 0.1) is 0 Å². The Kier molecular flexibility index (Phi) is 4.92. The smallest absolute Gasteiger partial charge is 0.124 e. The lowest BCUT2D eigenvalue weighted by Gasteiger charge is -2.19. The molecule has 0 fully saturated rings. The van der Waals surface area contributed by atoms with Crippen LogP contribution in [-0.2, 0) is 6.42 Å². The molecular weight excluding hydrogens is 274 g/mol. The first-order valence-corrected chi connectivity index (χ1v) is 7.22. The number of nitrogens with one attached hydrogen (secondary N) is 1. The normalized spacial score (nSPS) is 12.2. The second-order valence-electron chi connectivity index (χ2n) is 4.27. The Morgan fingerprint density at radius 2 is 2.10 bits per heavy atom. The van der Waals surface area contributed by atoms with Gasteiger partial charge in [0.15, 0.2) is 0 Å². The molecule has 1 atom stereocenters. The zero-order chi connectivity index (χ0) is 14.5. The van der Waals surface area contributed by atoms with Crippen LogP contribution in [0.2, 0.25) is 0 Å². The van der Waals surface area contributed by atoms with Gasteiger partial charge in [0.05, 0.1) is 30.8 Å². The van der Waals surface area contributed by atoms with Gasteiger partial charge >= 0.3 is 0 Å². The van der Waals surface area contributed by atoms with Gasteiger partial charge in [-0.3, -0.25) is 0 Å². The van der Waals surface area contributed by atoms with E-state index in [-0.39, 0.29) is 6.04 Å². The van der Waals surface area contributed by atoms with Crippen LogP contribution in [0.15, 0.2) is 18.2 Å². The Hall–Kier alpha value is -1.66. The summed E-state index contributed by atoms with van der Waals surface area (Å²) >= 11 is 1.41. The summed E-state index contributed by atoms with van der Waals surface area (Å²) in [5.41, 5.74) is 2.04. The summed E-state index contributed by atoms with van der Waals surface area (Å²) in [6, 6.07) is 5.79. The van der Waals surface area contributed by atoms with Gasteiger partial charge in [-0.05, 0) is 43.2 Å². The van der Waals surface area contributed by atoms with Gasteiger partial charge in [-0.1, -0.05) is 11.4 Å². The molecule has 1 heterocycles. The fraction of sp³-hybridized carbons (Fsp3) is 0.429. The largest absolute Gasteiger partial charge is 0.497 e. The standard InChI is InChI=1S/C14H19N3O2S/c1-5-11-14(20-17-16-11)13(15-2)10-8-9(18-3)6-7-12(10)19-4/h6-8,13,15H,5H2,1-4H3. The van der Waals surface area contributed by atoms with Gasteiger partial charge in [-0.15, -0.1) is 5.10 Å². The molecule has 0 radical (unpaired) electrons. The van der Waals surface area contributed by atoms with Gasteiger partial charge < -0.3 is 14.8 Å². The first-order valence-electron chi connectivity index (χ1n) is 6.45. The zero-order valence-electron chi connectivity index (χ0n) is 12.1. The van der Waals surface area contributed by atoms with Gasteiger partial charge in [-0.25, -0.2) is 0 Å². The summed E-state index contributed by atoms with van der Waals surface area (Å²) in [7, 11) is 5.25. The van der Waals surface area contributed by atoms with E-state index in [2.05, 4.69) is 21.8 Å². The Morgan fingerprint density at radius 3 is 2.70 bits per heavy atom. The predicted octanol–water partition coefficient (Wildman–Crippen LogP) is 2.43. The van der Waals surface area contributed by atoms with Crippen molar-refractivity contribution < 1.29 is 9.47 Å². The maximum absolute atomic E-state index is 5.47. The SMILES string of the molecule is CCc1nnsc1C(NC)c1cc(OC)ccc1OC. The first-order chi connectivity index (χ1) is 9.74. The van der Waals surface area contributed by atoms with Crippen molar-refractivity contribution in [3.63, 3.8) is 0 Å². The maximum atomic E-state index is 5.47. The first kappa shape index (κ1) is 14.7. The molecule has 0 amide bonds. The molecule has 5 nitrogen and oxygen atoms in total. The highest BCUT2D eigenvalue weighted by Gasteiger charge is 2.22. The molecule has 0 spiro atoms. The quantitative estimate of drug-likeness (QED) is 0.886. The molecule has 1 aromatic carbocycles. The summed E-state index contributed by atoms with van der Waals surface area (Å²) in [6.45, 7) is 2.08. The summed E-state index contributed by atoms with van der Waals surface area (Å²) in [5.74, 6) is 1.62. The molecule has 20 heavy (non-hydrogen) atoms. The minimum absolute atomic E-state index is 0.00463. The molecule has 0 aliphatic heterocycles. The predicted molar refractivity (Wildman–Crippen MR) is 79.7 cm³/mol. The minimum Gasteiger partial charge on any atom is -0.497 e. The number of hydrogen-bond donors (Lipinski definition) is 1. The Balaban J connectivity index is 2.50. The number of methoxy groups -OCH3 is 2. The fourth-order valence-corrected chi connectivity index (χ4v) is 3.04. The van der Waals surface area contributed by atoms with E-state index in [1.807, 2.05) is 25.2 Å². The van der Waals surface area contributed by atoms with E-state index in [1.54, 1.807) is 14.2 Å². The van der Waals surface area contributed by atoms with E-state index in [0.29, 0.717) is 0 Å². The van der Waals surface area contributed by atoms with Crippen LogP contribution < -0.4 is 14.8 Å². The molecule has 1 unspecified atom stereocenters. The monoisotopic (exact) mass is 293 g/mol. The Bertz CT molecular complexity index is 571. The Morgan fingerprint density at radius 1 is 1.30 bits per heavy atom. The molecular formula is C14H19N3O2S. The highest BCUT2D eigenvalue weighted by Crippen LogP contribution is 2.35. The van der Waals surface area contributed by atoms with Gasteiger partial charge in [0, 0.05) is 5.56 Å². The van der Waals surface area contributed by atoms with Crippen molar-refractivity contribution in [1.82, 2.24) is 14.9 Å². The molecule has 1 aromatic heterocycles. The lowest BCUT2D eigenvalue weighted by atomic mass is 10.0. The van der Waals surface area contributed by atoms with E-state index in [1.165, 1.54) is 11.5 Å². The van der Waals surface area contributed by atoms with Crippen molar-refractivity contribution in [2.24, 2.45) is 0 Å². The second kappa shape index (κ2) is 6.67. The molecule has 2 rings (SSSR count). The molecule has 0 saturated heterocycles. The van der Waals surface area contributed by atoms with Gasteiger partial charge in [-0.2, -0.15) is 0 Å². The number of rotatable bonds is 6. The van der Waals surface area contributed by atoms with Crippen molar-refractivity contribution in [2.45, 2.75) is 19.4 Å². The van der Waals surface area contributed by atoms with Crippen LogP contribution >= 0.6 is 11.5 Å². The number of benzene rings is 1. The number of hydrogen-bond acceptors (Lipinski definition) is 6. The van der Waals surface area contributed by atoms with Crippen LogP contribution in [-0.4, -0.2) is 30.9 Å². The molecule has 1 N–H and O–H groups in total. The molecule has 108 valence electrons. The summed E-state index contributed by atoms with van der Waals surface area (Å²) < 4.78 is 14.8. The molecule has 0 bridgehead atoms. The zero-order valence-corrected chi connectivity index (χ0v) is 13.0. The highest BCUT2D eigenvalue weighted by atomic mass is 32.1. The van der Waals surface area contributed by atoms with Crippen LogP contribution in [0.1, 0.15) is 29.1 Å². The topological polar surface area (TPSA) is 56.3 Å².